The zero-order chi connectivity index (χ0) is 43.0. The van der Waals surface area contributed by atoms with Crippen molar-refractivity contribution in [3.05, 3.63) is 101 Å². The molecular formula is C42H53ClF2N10O4+2. The van der Waals surface area contributed by atoms with Gasteiger partial charge in [0.2, 0.25) is 11.8 Å². The van der Waals surface area contributed by atoms with E-state index in [2.05, 4.69) is 34.8 Å². The van der Waals surface area contributed by atoms with E-state index in [9.17, 15) is 19.2 Å². The first-order valence-corrected chi connectivity index (χ1v) is 20.0. The number of nitrogens with two attached hydrogens (primary N) is 1. The lowest BCUT2D eigenvalue weighted by Gasteiger charge is -2.36. The normalized spacial score (nSPS) is 14.0. The van der Waals surface area contributed by atoms with Crippen LogP contribution in [0, 0.1) is 24.5 Å². The molecule has 1 atom stereocenters. The monoisotopic (exact) mass is 834 g/mol. The van der Waals surface area contributed by atoms with Crippen LogP contribution in [-0.4, -0.2) is 107 Å². The van der Waals surface area contributed by atoms with Gasteiger partial charge in [0.05, 0.1) is 62.1 Å². The number of rotatable bonds is 15. The SMILES string of the molecule is CCC(CC[NH+](C)C)C(=O)N1CCN(C(=O)c2ccc(NC(=O)c3ncc(-c4ccc(-c5cn(CC(=O)N/C(C)=C/C=C\[NH2+]C)nc5C)c(F)c4F)n3C)cc2Cl)CC1. The van der Waals surface area contributed by atoms with Gasteiger partial charge in [0, 0.05) is 79.8 Å². The van der Waals surface area contributed by atoms with Gasteiger partial charge in [0.1, 0.15) is 6.54 Å². The Morgan fingerprint density at radius 1 is 1.02 bits per heavy atom. The van der Waals surface area contributed by atoms with Crippen molar-refractivity contribution in [2.45, 2.75) is 40.2 Å². The first kappa shape index (κ1) is 44.4. The average molecular weight is 835 g/mol. The molecule has 0 bridgehead atoms. The summed E-state index contributed by atoms with van der Waals surface area (Å²) in [5.74, 6) is -3.51. The van der Waals surface area contributed by atoms with Gasteiger partial charge in [-0.3, -0.25) is 23.9 Å². The molecule has 1 aliphatic rings. The van der Waals surface area contributed by atoms with Crippen molar-refractivity contribution in [3.63, 3.8) is 0 Å². The number of nitrogens with one attached hydrogen (secondary N) is 3. The van der Waals surface area contributed by atoms with Gasteiger partial charge in [0.15, 0.2) is 17.5 Å². The first-order valence-electron chi connectivity index (χ1n) is 19.6. The van der Waals surface area contributed by atoms with Crippen LogP contribution in [0.1, 0.15) is 53.4 Å². The van der Waals surface area contributed by atoms with Gasteiger partial charge in [-0.2, -0.15) is 5.10 Å². The Morgan fingerprint density at radius 2 is 1.69 bits per heavy atom. The summed E-state index contributed by atoms with van der Waals surface area (Å²) < 4.78 is 34.2. The van der Waals surface area contributed by atoms with Crippen LogP contribution >= 0.6 is 11.6 Å². The lowest BCUT2D eigenvalue weighted by atomic mass is 10.00. The third-order valence-corrected chi connectivity index (χ3v) is 10.6. The van der Waals surface area contributed by atoms with E-state index < -0.39 is 17.5 Å². The van der Waals surface area contributed by atoms with Gasteiger partial charge in [-0.15, -0.1) is 0 Å². The second-order valence-electron chi connectivity index (χ2n) is 14.9. The van der Waals surface area contributed by atoms with Crippen molar-refractivity contribution < 1.29 is 38.2 Å². The molecule has 5 rings (SSSR count). The molecule has 3 heterocycles. The van der Waals surface area contributed by atoms with Gasteiger partial charge in [0.25, 0.3) is 11.8 Å². The van der Waals surface area contributed by atoms with Gasteiger partial charge in [-0.05, 0) is 56.7 Å². The molecule has 1 saturated heterocycles. The van der Waals surface area contributed by atoms with Crippen LogP contribution in [0.25, 0.3) is 22.4 Å². The number of benzene rings is 2. The van der Waals surface area contributed by atoms with E-state index in [0.717, 1.165) is 19.4 Å². The minimum Gasteiger partial charge on any atom is -0.340 e. The minimum atomic E-state index is -1.15. The highest BCUT2D eigenvalue weighted by molar-refractivity contribution is 6.34. The van der Waals surface area contributed by atoms with Crippen LogP contribution in [-0.2, 0) is 23.2 Å². The Kier molecular flexibility index (Phi) is 14.9. The number of amides is 4. The summed E-state index contributed by atoms with van der Waals surface area (Å²) in [6, 6.07) is 7.35. The number of piperazine rings is 1. The zero-order valence-electron chi connectivity index (χ0n) is 34.5. The number of halogens is 3. The van der Waals surface area contributed by atoms with Crippen LogP contribution in [0.5, 0.6) is 0 Å². The van der Waals surface area contributed by atoms with Crippen LogP contribution < -0.4 is 20.9 Å². The third kappa shape index (κ3) is 10.7. The van der Waals surface area contributed by atoms with E-state index in [1.54, 1.807) is 37.0 Å². The number of imidazole rings is 1. The number of quaternary nitrogens is 2. The molecule has 0 spiro atoms. The van der Waals surface area contributed by atoms with Crippen molar-refractivity contribution in [2.24, 2.45) is 13.0 Å². The molecule has 4 amide bonds. The lowest BCUT2D eigenvalue weighted by Crippen LogP contribution is -3.05. The standard InChI is InChI=1S/C42H51ClF2N10O4/c1-8-28(15-17-51(5)6)41(58)53-18-20-54(21-19-53)42(59)31-12-11-29(22-34(31)43)49-40(57)39-47-23-35(52(39)7)32-14-13-30(37(44)38(32)45)33-24-55(50-27(33)3)25-36(56)48-26(2)10-9-16-46-4/h9-14,16,22-24,28,46H,8,15,17-21,25H2,1-7H3,(H,48,56)(H,49,57)/p+2/b16-9-,26-10+. The number of anilines is 1. The van der Waals surface area contributed by atoms with E-state index in [1.807, 2.05) is 30.4 Å². The summed E-state index contributed by atoms with van der Waals surface area (Å²) in [4.78, 5) is 61.5. The maximum atomic E-state index is 15.7. The highest BCUT2D eigenvalue weighted by atomic mass is 35.5. The highest BCUT2D eigenvalue weighted by Crippen LogP contribution is 2.33. The van der Waals surface area contributed by atoms with E-state index >= 15 is 8.78 Å². The Morgan fingerprint density at radius 3 is 2.36 bits per heavy atom. The van der Waals surface area contributed by atoms with Crippen LogP contribution in [0.15, 0.2) is 66.8 Å². The molecule has 17 heteroatoms. The molecule has 59 heavy (non-hydrogen) atoms. The summed E-state index contributed by atoms with van der Waals surface area (Å²) in [6.45, 7) is 7.83. The van der Waals surface area contributed by atoms with Crippen molar-refractivity contribution in [1.82, 2.24) is 34.4 Å². The summed E-state index contributed by atoms with van der Waals surface area (Å²) >= 11 is 6.56. The number of aromatic nitrogens is 4. The van der Waals surface area contributed by atoms with E-state index in [0.29, 0.717) is 48.8 Å². The fourth-order valence-electron chi connectivity index (χ4n) is 6.93. The number of carbonyl (C=O) groups excluding carboxylic acids is 4. The summed E-state index contributed by atoms with van der Waals surface area (Å²) in [5.41, 5.74) is 1.90. The van der Waals surface area contributed by atoms with Crippen molar-refractivity contribution in [1.29, 1.82) is 0 Å². The summed E-state index contributed by atoms with van der Waals surface area (Å²) in [5, 5.41) is 11.8. The molecule has 5 N–H and O–H groups in total. The second-order valence-corrected chi connectivity index (χ2v) is 15.3. The highest BCUT2D eigenvalue weighted by Gasteiger charge is 2.30. The maximum Gasteiger partial charge on any atom is 0.291 e. The van der Waals surface area contributed by atoms with Gasteiger partial charge in [-0.1, -0.05) is 24.6 Å². The van der Waals surface area contributed by atoms with Crippen molar-refractivity contribution >= 4 is 40.9 Å². The predicted octanol–water partition coefficient (Wildman–Crippen LogP) is 3.02. The van der Waals surface area contributed by atoms with Crippen LogP contribution in [0.3, 0.4) is 0 Å². The number of nitrogens with zero attached hydrogens (tertiary/aromatic N) is 6. The Labute approximate surface area is 347 Å². The van der Waals surface area contributed by atoms with Crippen molar-refractivity contribution in [2.75, 3.05) is 59.2 Å². The minimum absolute atomic E-state index is 0.0383. The fourth-order valence-corrected chi connectivity index (χ4v) is 7.19. The van der Waals surface area contributed by atoms with Gasteiger partial charge < -0.3 is 35.2 Å². The zero-order valence-corrected chi connectivity index (χ0v) is 35.3. The van der Waals surface area contributed by atoms with Crippen molar-refractivity contribution in [3.8, 4) is 22.4 Å². The molecule has 2 aromatic heterocycles. The molecule has 1 fully saturated rings. The van der Waals surface area contributed by atoms with E-state index in [4.69, 9.17) is 11.6 Å². The number of aryl methyl sites for hydroxylation is 1. The molecule has 0 aliphatic carbocycles. The summed E-state index contributed by atoms with van der Waals surface area (Å²) in [6.07, 6.45) is 9.72. The Hall–Kier alpha value is -5.71. The molecule has 4 aromatic rings. The first-order chi connectivity index (χ1) is 28.1. The molecule has 0 saturated carbocycles. The summed E-state index contributed by atoms with van der Waals surface area (Å²) in [7, 11) is 7.52. The quantitative estimate of drug-likeness (QED) is 0.135. The largest absolute Gasteiger partial charge is 0.340 e. The number of hydrogen-bond acceptors (Lipinski definition) is 6. The lowest BCUT2D eigenvalue weighted by molar-refractivity contribution is -0.858. The smallest absolute Gasteiger partial charge is 0.291 e. The molecule has 2 aromatic carbocycles. The van der Waals surface area contributed by atoms with E-state index in [-0.39, 0.29) is 63.4 Å². The third-order valence-electron chi connectivity index (χ3n) is 10.2. The van der Waals surface area contributed by atoms with Gasteiger partial charge >= 0.3 is 0 Å². The van der Waals surface area contributed by atoms with Crippen LogP contribution in [0.2, 0.25) is 5.02 Å². The Balaban J connectivity index is 1.22. The predicted molar refractivity (Wildman–Crippen MR) is 221 cm³/mol. The molecule has 0 radical (unpaired) electrons. The molecule has 1 aliphatic heterocycles. The molecule has 14 nitrogen and oxygen atoms in total. The molecule has 1 unspecified atom stereocenters. The maximum absolute atomic E-state index is 15.7. The fraction of sp³-hybridized carbons (Fsp3) is 0.381. The molecule has 314 valence electrons. The average Bonchev–Trinajstić information content (AvgIpc) is 3.76. The van der Waals surface area contributed by atoms with Crippen LogP contribution in [0.4, 0.5) is 14.5 Å². The Bertz CT molecular complexity index is 2260. The second kappa shape index (κ2) is 19.8. The number of hydrogen-bond donors (Lipinski definition) is 4. The number of carbonyl (C=O) groups is 4. The topological polar surface area (TPSA) is 156 Å². The molecular weight excluding hydrogens is 782 g/mol. The van der Waals surface area contributed by atoms with Gasteiger partial charge in [-0.25, -0.2) is 13.8 Å². The number of allylic oxidation sites excluding steroid dienone is 3. The van der Waals surface area contributed by atoms with E-state index in [1.165, 1.54) is 57.9 Å².